The van der Waals surface area contributed by atoms with E-state index in [0.717, 1.165) is 0 Å². The molecule has 0 atom stereocenters. The summed E-state index contributed by atoms with van der Waals surface area (Å²) < 4.78 is 0. The Labute approximate surface area is 87.4 Å². The van der Waals surface area contributed by atoms with Crippen LogP contribution >= 0.6 is 0 Å². The summed E-state index contributed by atoms with van der Waals surface area (Å²) in [5.74, 6) is 0. The predicted molar refractivity (Wildman–Crippen MR) is 13.6 cm³/mol. The van der Waals surface area contributed by atoms with Gasteiger partial charge in [0.25, 0.3) is 0 Å². The number of hydrogen-bond donors (Lipinski definition) is 0. The molecular formula is H5BFe2NdO. The van der Waals surface area contributed by atoms with Gasteiger partial charge < -0.3 is 5.48 Å². The van der Waals surface area contributed by atoms with Crippen molar-refractivity contribution < 1.29 is 80.5 Å². The van der Waals surface area contributed by atoms with Gasteiger partial charge in [-0.05, 0) is 0 Å². The van der Waals surface area contributed by atoms with Gasteiger partial charge in [0.2, 0.25) is 0 Å². The van der Waals surface area contributed by atoms with Crippen LogP contribution in [0.2, 0.25) is 0 Å². The summed E-state index contributed by atoms with van der Waals surface area (Å²) in [6.45, 7) is 0. The Morgan fingerprint density at radius 3 is 0.800 bits per heavy atom. The molecular weight excluding hydrogens is 283 g/mol. The van der Waals surface area contributed by atoms with Crippen LogP contribution < -0.4 is 0 Å². The van der Waals surface area contributed by atoms with E-state index in [1.165, 1.54) is 0 Å². The SMILES string of the molecule is B.O.[Fe].[Fe].[Nd]. The number of hydrogen-bond acceptors (Lipinski definition) is 0. The van der Waals surface area contributed by atoms with Crippen molar-refractivity contribution in [2.24, 2.45) is 0 Å². The van der Waals surface area contributed by atoms with Gasteiger partial charge in [-0.3, -0.25) is 0 Å². The van der Waals surface area contributed by atoms with Gasteiger partial charge >= 0.3 is 0 Å². The maximum atomic E-state index is 0. The van der Waals surface area contributed by atoms with E-state index in [9.17, 15) is 0 Å². The fraction of sp³-hybridized carbons (Fsp3) is 0. The molecule has 0 rings (SSSR count). The van der Waals surface area contributed by atoms with Crippen molar-refractivity contribution in [3.63, 3.8) is 0 Å². The maximum absolute atomic E-state index is 0. The molecule has 0 saturated carbocycles. The molecule has 34 valence electrons. The van der Waals surface area contributed by atoms with E-state index in [1.54, 1.807) is 0 Å². The first-order valence-electron chi connectivity index (χ1n) is 0. The second kappa shape index (κ2) is 32.3. The molecule has 0 amide bonds. The van der Waals surface area contributed by atoms with Gasteiger partial charge in [-0.1, -0.05) is 0 Å². The molecule has 2 N–H and O–H groups in total. The van der Waals surface area contributed by atoms with Crippen LogP contribution in [0.1, 0.15) is 0 Å². The van der Waals surface area contributed by atoms with Gasteiger partial charge in [0, 0.05) is 75.0 Å². The van der Waals surface area contributed by atoms with E-state index in [4.69, 9.17) is 0 Å². The summed E-state index contributed by atoms with van der Waals surface area (Å²) in [6, 6.07) is 0. The third-order valence-corrected chi connectivity index (χ3v) is 0. The monoisotopic (exact) mass is 286 g/mol. The van der Waals surface area contributed by atoms with Crippen LogP contribution in [-0.2, 0) is 34.1 Å². The van der Waals surface area contributed by atoms with Gasteiger partial charge in [-0.15, -0.1) is 0 Å². The third kappa shape index (κ3) is 21.4. The fourth-order valence-electron chi connectivity index (χ4n) is 0. The van der Waals surface area contributed by atoms with E-state index >= 15 is 0 Å². The van der Waals surface area contributed by atoms with E-state index in [-0.39, 0.29) is 88.9 Å². The minimum Gasteiger partial charge on any atom is -0.412 e. The van der Waals surface area contributed by atoms with E-state index in [2.05, 4.69) is 0 Å². The second-order valence-corrected chi connectivity index (χ2v) is 0. The molecule has 0 fully saturated rings. The van der Waals surface area contributed by atoms with Crippen LogP contribution in [0.3, 0.4) is 0 Å². The molecule has 0 aliphatic carbocycles. The number of rotatable bonds is 0. The van der Waals surface area contributed by atoms with Crippen LogP contribution in [0.5, 0.6) is 0 Å². The fourth-order valence-corrected chi connectivity index (χ4v) is 0. The van der Waals surface area contributed by atoms with Crippen molar-refractivity contribution in [3.05, 3.63) is 0 Å². The van der Waals surface area contributed by atoms with Crippen LogP contribution in [0, 0.1) is 40.8 Å². The largest absolute Gasteiger partial charge is 0.412 e. The molecule has 5 heavy (non-hydrogen) atoms. The van der Waals surface area contributed by atoms with Crippen LogP contribution in [0.15, 0.2) is 0 Å². The van der Waals surface area contributed by atoms with Crippen molar-refractivity contribution in [2.45, 2.75) is 0 Å². The Morgan fingerprint density at radius 2 is 0.800 bits per heavy atom. The summed E-state index contributed by atoms with van der Waals surface area (Å²) in [6.07, 6.45) is 0. The molecule has 0 bridgehead atoms. The van der Waals surface area contributed by atoms with Crippen molar-refractivity contribution in [2.75, 3.05) is 0 Å². The molecule has 0 radical (unpaired) electrons. The summed E-state index contributed by atoms with van der Waals surface area (Å²) in [7, 11) is 0. The molecule has 0 aromatic carbocycles. The van der Waals surface area contributed by atoms with Crippen molar-refractivity contribution >= 4 is 8.41 Å². The molecule has 1 nitrogen and oxygen atoms in total. The third-order valence-electron chi connectivity index (χ3n) is 0. The quantitative estimate of drug-likeness (QED) is 0.461. The topological polar surface area (TPSA) is 31.5 Å². The van der Waals surface area contributed by atoms with Crippen LogP contribution in [0.25, 0.3) is 0 Å². The molecule has 5 heteroatoms. The normalized spacial score (nSPS) is 0. The summed E-state index contributed by atoms with van der Waals surface area (Å²) in [5.41, 5.74) is 0. The summed E-state index contributed by atoms with van der Waals surface area (Å²) in [5, 5.41) is 0. The molecule has 0 aliphatic heterocycles. The zero-order valence-corrected chi connectivity index (χ0v) is 7.12. The minimum absolute atomic E-state index is 0. The molecule has 0 spiro atoms. The average molecular weight is 288 g/mol. The summed E-state index contributed by atoms with van der Waals surface area (Å²) in [4.78, 5) is 0. The van der Waals surface area contributed by atoms with Crippen LogP contribution in [-0.4, -0.2) is 13.9 Å². The Bertz CT molecular complexity index is 9.61. The molecule has 0 heterocycles. The average Bonchev–Trinajstić information content (AvgIpc) is 0. The zero-order chi connectivity index (χ0) is 0. The molecule has 0 unspecified atom stereocenters. The summed E-state index contributed by atoms with van der Waals surface area (Å²) >= 11 is 0. The van der Waals surface area contributed by atoms with Crippen LogP contribution in [0.4, 0.5) is 0 Å². The van der Waals surface area contributed by atoms with E-state index < -0.39 is 0 Å². The first-order valence-corrected chi connectivity index (χ1v) is 0. The van der Waals surface area contributed by atoms with E-state index in [1.807, 2.05) is 0 Å². The molecule has 0 aromatic heterocycles. The van der Waals surface area contributed by atoms with Crippen molar-refractivity contribution in [3.8, 4) is 0 Å². The van der Waals surface area contributed by atoms with Gasteiger partial charge in [0.15, 0.2) is 0 Å². The maximum Gasteiger partial charge on any atom is 0.0814 e. The zero-order valence-electron chi connectivity index (χ0n) is 1.71. The minimum atomic E-state index is 0. The van der Waals surface area contributed by atoms with Gasteiger partial charge in [-0.25, -0.2) is 0 Å². The molecule has 0 aliphatic rings. The first kappa shape index (κ1) is 52.3. The Hall–Kier alpha value is 2.41. The van der Waals surface area contributed by atoms with Gasteiger partial charge in [-0.2, -0.15) is 0 Å². The van der Waals surface area contributed by atoms with E-state index in [0.29, 0.717) is 0 Å². The first-order chi connectivity index (χ1) is 0. The van der Waals surface area contributed by atoms with Crippen molar-refractivity contribution in [1.82, 2.24) is 0 Å². The Kier molecular flexibility index (Phi) is 338. The predicted octanol–water partition coefficient (Wildman–Crippen LogP) is -2.01. The Morgan fingerprint density at radius 1 is 0.800 bits per heavy atom. The second-order valence-electron chi connectivity index (χ2n) is 0. The molecule has 0 saturated heterocycles. The van der Waals surface area contributed by atoms with Gasteiger partial charge in [0.1, 0.15) is 0 Å². The Balaban J connectivity index is 0. The smallest absolute Gasteiger partial charge is 0.0814 e. The standard InChI is InChI=1S/BH3.2Fe.Nd.H2O/h1H3;;;;1H2. The van der Waals surface area contributed by atoms with Crippen molar-refractivity contribution in [1.29, 1.82) is 0 Å². The molecule has 0 aromatic rings. The van der Waals surface area contributed by atoms with Gasteiger partial charge in [0.05, 0.1) is 8.41 Å².